The molecule has 1 saturated heterocycles. The second-order valence-corrected chi connectivity index (χ2v) is 7.18. The molecule has 0 spiro atoms. The summed E-state index contributed by atoms with van der Waals surface area (Å²) >= 11 is 0. The number of para-hydroxylation sites is 1. The SMILES string of the molecule is COc1cccc2cc(C(=O)NC[C@@H]3CCCO3)c(=Nc3cccc(F)c3C)oc12. The number of hydrogen-bond donors (Lipinski definition) is 1. The van der Waals surface area contributed by atoms with Gasteiger partial charge in [0.1, 0.15) is 11.4 Å². The minimum absolute atomic E-state index is 0.0114. The van der Waals surface area contributed by atoms with Crippen LogP contribution in [0.4, 0.5) is 10.1 Å². The van der Waals surface area contributed by atoms with Crippen LogP contribution in [0.5, 0.6) is 5.75 Å². The molecular weight excluding hydrogens is 387 g/mol. The number of carbonyl (C=O) groups is 1. The summed E-state index contributed by atoms with van der Waals surface area (Å²) < 4.78 is 31.0. The van der Waals surface area contributed by atoms with Crippen molar-refractivity contribution in [3.63, 3.8) is 0 Å². The van der Waals surface area contributed by atoms with Gasteiger partial charge in [0.2, 0.25) is 5.55 Å². The molecule has 1 atom stereocenters. The van der Waals surface area contributed by atoms with E-state index in [0.717, 1.165) is 12.8 Å². The number of benzene rings is 2. The summed E-state index contributed by atoms with van der Waals surface area (Å²) in [7, 11) is 1.54. The highest BCUT2D eigenvalue weighted by molar-refractivity contribution is 5.97. The predicted octanol–water partition coefficient (Wildman–Crippen LogP) is 4.03. The van der Waals surface area contributed by atoms with E-state index in [-0.39, 0.29) is 28.9 Å². The first-order valence-corrected chi connectivity index (χ1v) is 9.87. The lowest BCUT2D eigenvalue weighted by Crippen LogP contribution is -2.34. The number of fused-ring (bicyclic) bond motifs is 1. The van der Waals surface area contributed by atoms with Crippen molar-refractivity contribution in [3.8, 4) is 5.75 Å². The average Bonchev–Trinajstić information content (AvgIpc) is 3.28. The number of rotatable bonds is 5. The summed E-state index contributed by atoms with van der Waals surface area (Å²) in [6.07, 6.45) is 1.92. The summed E-state index contributed by atoms with van der Waals surface area (Å²) in [4.78, 5) is 17.4. The lowest BCUT2D eigenvalue weighted by atomic mass is 10.1. The van der Waals surface area contributed by atoms with Crippen molar-refractivity contribution in [2.75, 3.05) is 20.3 Å². The number of carbonyl (C=O) groups excluding carboxylic acids is 1. The highest BCUT2D eigenvalue weighted by atomic mass is 19.1. The van der Waals surface area contributed by atoms with E-state index >= 15 is 0 Å². The van der Waals surface area contributed by atoms with Crippen molar-refractivity contribution in [1.29, 1.82) is 0 Å². The molecule has 156 valence electrons. The zero-order valence-electron chi connectivity index (χ0n) is 16.9. The number of halogens is 1. The van der Waals surface area contributed by atoms with Crippen LogP contribution in [-0.4, -0.2) is 32.3 Å². The largest absolute Gasteiger partial charge is 0.493 e. The lowest BCUT2D eigenvalue weighted by Gasteiger charge is -2.12. The minimum atomic E-state index is -0.376. The monoisotopic (exact) mass is 410 g/mol. The molecule has 0 radical (unpaired) electrons. The molecule has 7 heteroatoms. The normalized spacial score (nSPS) is 16.8. The number of amides is 1. The zero-order valence-corrected chi connectivity index (χ0v) is 16.9. The Balaban J connectivity index is 1.82. The molecule has 1 aliphatic rings. The lowest BCUT2D eigenvalue weighted by molar-refractivity contribution is 0.0854. The van der Waals surface area contributed by atoms with Crippen LogP contribution in [0.3, 0.4) is 0 Å². The molecule has 1 aliphatic heterocycles. The third-order valence-electron chi connectivity index (χ3n) is 5.18. The molecule has 3 aromatic rings. The summed E-state index contributed by atoms with van der Waals surface area (Å²) in [5.74, 6) is -0.183. The van der Waals surface area contributed by atoms with Gasteiger partial charge in [-0.05, 0) is 44.0 Å². The maximum atomic E-state index is 14.0. The molecule has 1 N–H and O–H groups in total. The number of hydrogen-bond acceptors (Lipinski definition) is 5. The van der Waals surface area contributed by atoms with Gasteiger partial charge in [-0.25, -0.2) is 9.38 Å². The quantitative estimate of drug-likeness (QED) is 0.689. The molecule has 0 aliphatic carbocycles. The Hall–Kier alpha value is -3.19. The molecule has 0 unspecified atom stereocenters. The maximum Gasteiger partial charge on any atom is 0.256 e. The Morgan fingerprint density at radius 3 is 2.90 bits per heavy atom. The molecule has 2 heterocycles. The van der Waals surface area contributed by atoms with Crippen LogP contribution < -0.4 is 15.6 Å². The fourth-order valence-corrected chi connectivity index (χ4v) is 3.46. The van der Waals surface area contributed by atoms with Crippen molar-refractivity contribution in [2.24, 2.45) is 4.99 Å². The summed E-state index contributed by atoms with van der Waals surface area (Å²) in [5, 5.41) is 3.60. The Kier molecular flexibility index (Phi) is 5.81. The highest BCUT2D eigenvalue weighted by Gasteiger charge is 2.19. The van der Waals surface area contributed by atoms with Crippen molar-refractivity contribution < 1.29 is 23.1 Å². The Bertz CT molecular complexity index is 1150. The van der Waals surface area contributed by atoms with Gasteiger partial charge in [0.15, 0.2) is 11.3 Å². The molecule has 0 saturated carbocycles. The van der Waals surface area contributed by atoms with Gasteiger partial charge in [-0.1, -0.05) is 18.2 Å². The maximum absolute atomic E-state index is 14.0. The van der Waals surface area contributed by atoms with Gasteiger partial charge in [0, 0.05) is 24.1 Å². The number of nitrogens with zero attached hydrogens (tertiary/aromatic N) is 1. The van der Waals surface area contributed by atoms with E-state index in [2.05, 4.69) is 10.3 Å². The first kappa shape index (κ1) is 20.1. The predicted molar refractivity (Wildman–Crippen MR) is 110 cm³/mol. The fourth-order valence-electron chi connectivity index (χ4n) is 3.46. The van der Waals surface area contributed by atoms with E-state index in [4.69, 9.17) is 13.9 Å². The van der Waals surface area contributed by atoms with Crippen LogP contribution in [0, 0.1) is 12.7 Å². The van der Waals surface area contributed by atoms with Crippen LogP contribution in [0.15, 0.2) is 51.9 Å². The Labute approximate surface area is 173 Å². The molecule has 1 aromatic heterocycles. The molecule has 0 bridgehead atoms. The van der Waals surface area contributed by atoms with E-state index < -0.39 is 0 Å². The van der Waals surface area contributed by atoms with E-state index in [1.807, 2.05) is 12.1 Å². The molecule has 6 nitrogen and oxygen atoms in total. The smallest absolute Gasteiger partial charge is 0.256 e. The van der Waals surface area contributed by atoms with Crippen LogP contribution in [0.1, 0.15) is 28.8 Å². The summed E-state index contributed by atoms with van der Waals surface area (Å²) in [6.45, 7) is 2.76. The van der Waals surface area contributed by atoms with Gasteiger partial charge in [0.05, 0.1) is 18.9 Å². The molecular formula is C23H23FN2O4. The molecule has 1 fully saturated rings. The van der Waals surface area contributed by atoms with Gasteiger partial charge < -0.3 is 19.2 Å². The zero-order chi connectivity index (χ0) is 21.1. The van der Waals surface area contributed by atoms with Gasteiger partial charge in [-0.15, -0.1) is 0 Å². The van der Waals surface area contributed by atoms with Crippen molar-refractivity contribution in [2.45, 2.75) is 25.9 Å². The van der Waals surface area contributed by atoms with Gasteiger partial charge >= 0.3 is 0 Å². The van der Waals surface area contributed by atoms with Gasteiger partial charge in [-0.2, -0.15) is 0 Å². The number of nitrogens with one attached hydrogen (secondary N) is 1. The number of methoxy groups -OCH3 is 1. The van der Waals surface area contributed by atoms with E-state index in [0.29, 0.717) is 41.1 Å². The van der Waals surface area contributed by atoms with Gasteiger partial charge in [0.25, 0.3) is 5.91 Å². The second-order valence-electron chi connectivity index (χ2n) is 7.18. The van der Waals surface area contributed by atoms with E-state index in [9.17, 15) is 9.18 Å². The summed E-state index contributed by atoms with van der Waals surface area (Å²) in [6, 6.07) is 11.7. The number of ether oxygens (including phenoxy) is 2. The minimum Gasteiger partial charge on any atom is -0.493 e. The molecule has 30 heavy (non-hydrogen) atoms. The van der Waals surface area contributed by atoms with Crippen molar-refractivity contribution in [3.05, 3.63) is 65.0 Å². The molecule has 2 aromatic carbocycles. The Morgan fingerprint density at radius 1 is 1.30 bits per heavy atom. The first-order chi connectivity index (χ1) is 14.6. The topological polar surface area (TPSA) is 73.1 Å². The highest BCUT2D eigenvalue weighted by Crippen LogP contribution is 2.26. The van der Waals surface area contributed by atoms with Crippen molar-refractivity contribution in [1.82, 2.24) is 5.32 Å². The van der Waals surface area contributed by atoms with E-state index in [1.54, 1.807) is 38.3 Å². The van der Waals surface area contributed by atoms with Crippen LogP contribution in [-0.2, 0) is 4.74 Å². The average molecular weight is 410 g/mol. The second kappa shape index (κ2) is 8.67. The third-order valence-corrected chi connectivity index (χ3v) is 5.18. The molecule has 4 rings (SSSR count). The van der Waals surface area contributed by atoms with Crippen molar-refractivity contribution >= 4 is 22.6 Å². The first-order valence-electron chi connectivity index (χ1n) is 9.87. The van der Waals surface area contributed by atoms with E-state index in [1.165, 1.54) is 6.07 Å². The van der Waals surface area contributed by atoms with Crippen LogP contribution >= 0.6 is 0 Å². The third kappa shape index (κ3) is 4.07. The van der Waals surface area contributed by atoms with Crippen LogP contribution in [0.2, 0.25) is 0 Å². The fraction of sp³-hybridized carbons (Fsp3) is 0.304. The Morgan fingerprint density at radius 2 is 2.13 bits per heavy atom. The van der Waals surface area contributed by atoms with Gasteiger partial charge in [-0.3, -0.25) is 4.79 Å². The van der Waals surface area contributed by atoms with Crippen LogP contribution in [0.25, 0.3) is 11.0 Å². The molecule has 1 amide bonds. The standard InChI is InChI=1S/C23H23FN2O4/c1-14-18(24)8-4-9-19(14)26-23-17(22(27)25-13-16-7-5-11-29-16)12-15-6-3-10-20(28-2)21(15)30-23/h3-4,6,8-10,12,16H,5,7,11,13H2,1-2H3,(H,25,27)/t16-/m0/s1. The summed E-state index contributed by atoms with van der Waals surface area (Å²) in [5.41, 5.74) is 1.58.